The summed E-state index contributed by atoms with van der Waals surface area (Å²) in [5.41, 5.74) is 0. The zero-order valence-electron chi connectivity index (χ0n) is 5.81. The van der Waals surface area contributed by atoms with Crippen LogP contribution in [0.25, 0.3) is 0 Å². The summed E-state index contributed by atoms with van der Waals surface area (Å²) in [5, 5.41) is 8.00. The summed E-state index contributed by atoms with van der Waals surface area (Å²) in [7, 11) is -4.11. The highest BCUT2D eigenvalue weighted by molar-refractivity contribution is 7.81. The molecule has 6 nitrogen and oxygen atoms in total. The maximum Gasteiger partial charge on any atom is 0.400 e. The first-order chi connectivity index (χ1) is 4.98. The van der Waals surface area contributed by atoms with Gasteiger partial charge in [0.1, 0.15) is 0 Å². The molecule has 0 heterocycles. The third-order valence-electron chi connectivity index (χ3n) is 0.589. The van der Waals surface area contributed by atoms with Crippen LogP contribution in [-0.4, -0.2) is 32.7 Å². The number of hydrogen-bond donors (Lipinski definition) is 1. The second kappa shape index (κ2) is 4.27. The van der Waals surface area contributed by atoms with E-state index in [9.17, 15) is 13.2 Å². The highest BCUT2D eigenvalue weighted by Crippen LogP contribution is 1.94. The Balaban J connectivity index is 3.84. The Morgan fingerprint density at radius 2 is 2.00 bits per heavy atom. The molecule has 66 valence electrons. The average molecular weight is 184 g/mol. The minimum absolute atomic E-state index is 0.0814. The summed E-state index contributed by atoms with van der Waals surface area (Å²) in [6, 6.07) is 0. The van der Waals surface area contributed by atoms with Crippen molar-refractivity contribution in [3.8, 4) is 0 Å². The van der Waals surface area contributed by atoms with Crippen LogP contribution in [0.4, 0.5) is 0 Å². The van der Waals surface area contributed by atoms with E-state index in [1.165, 1.54) is 6.92 Å². The van der Waals surface area contributed by atoms with E-state index in [0.29, 0.717) is 0 Å². The second-order valence-corrected chi connectivity index (χ2v) is 2.76. The molecule has 0 bridgehead atoms. The van der Waals surface area contributed by atoms with Gasteiger partial charge >= 0.3 is 16.4 Å². The van der Waals surface area contributed by atoms with E-state index >= 15 is 0 Å². The summed E-state index contributed by atoms with van der Waals surface area (Å²) < 4.78 is 28.8. The lowest BCUT2D eigenvalue weighted by molar-refractivity contribution is -0.139. The summed E-state index contributed by atoms with van der Waals surface area (Å²) in [4.78, 5) is 9.81. The molecule has 0 rings (SSSR count). The van der Waals surface area contributed by atoms with Crippen LogP contribution >= 0.6 is 0 Å². The molecule has 0 fully saturated rings. The standard InChI is InChI=1S/C4H8O6S/c1-2-9-11(7,8)10-3-4(5)6/h2-3H2,1H3,(H,5,6). The Kier molecular flexibility index (Phi) is 4.01. The lowest BCUT2D eigenvalue weighted by atomic mass is 10.8. The van der Waals surface area contributed by atoms with Crippen molar-refractivity contribution in [1.82, 2.24) is 0 Å². The van der Waals surface area contributed by atoms with Gasteiger partial charge in [-0.2, -0.15) is 8.42 Å². The molecule has 0 aromatic heterocycles. The highest BCUT2D eigenvalue weighted by atomic mass is 32.3. The van der Waals surface area contributed by atoms with Crippen molar-refractivity contribution < 1.29 is 26.7 Å². The number of hydrogen-bond acceptors (Lipinski definition) is 5. The molecule has 0 aliphatic rings. The van der Waals surface area contributed by atoms with E-state index in [1.54, 1.807) is 0 Å². The van der Waals surface area contributed by atoms with Crippen molar-refractivity contribution >= 4 is 16.4 Å². The van der Waals surface area contributed by atoms with Gasteiger partial charge in [0.05, 0.1) is 6.61 Å². The molecule has 7 heteroatoms. The molecule has 11 heavy (non-hydrogen) atoms. The van der Waals surface area contributed by atoms with Crippen LogP contribution in [0.1, 0.15) is 6.92 Å². The molecule has 0 aromatic carbocycles. The molecule has 0 amide bonds. The van der Waals surface area contributed by atoms with Gasteiger partial charge in [0.15, 0.2) is 6.61 Å². The van der Waals surface area contributed by atoms with Crippen LogP contribution in [-0.2, 0) is 23.6 Å². The second-order valence-electron chi connectivity index (χ2n) is 1.47. The number of carboxylic acid groups (broad SMARTS) is 1. The van der Waals surface area contributed by atoms with Crippen LogP contribution in [0.15, 0.2) is 0 Å². The number of aliphatic carboxylic acids is 1. The lowest BCUT2D eigenvalue weighted by Gasteiger charge is -1.99. The highest BCUT2D eigenvalue weighted by Gasteiger charge is 2.12. The molecule has 1 N–H and O–H groups in total. The molecule has 0 radical (unpaired) electrons. The summed E-state index contributed by atoms with van der Waals surface area (Å²) >= 11 is 0. The van der Waals surface area contributed by atoms with Gasteiger partial charge in [0.25, 0.3) is 0 Å². The first kappa shape index (κ1) is 10.3. The maximum absolute atomic E-state index is 10.4. The van der Waals surface area contributed by atoms with Crippen LogP contribution in [0.2, 0.25) is 0 Å². The van der Waals surface area contributed by atoms with Crippen molar-refractivity contribution in [3.63, 3.8) is 0 Å². The van der Waals surface area contributed by atoms with Crippen molar-refractivity contribution in [1.29, 1.82) is 0 Å². The van der Waals surface area contributed by atoms with E-state index in [2.05, 4.69) is 8.37 Å². The summed E-state index contributed by atoms with van der Waals surface area (Å²) in [6.45, 7) is 0.450. The van der Waals surface area contributed by atoms with Gasteiger partial charge in [-0.1, -0.05) is 0 Å². The Labute approximate surface area is 64.1 Å². The Morgan fingerprint density at radius 1 is 1.45 bits per heavy atom. The zero-order chi connectivity index (χ0) is 8.91. The molecular weight excluding hydrogens is 176 g/mol. The normalized spacial score (nSPS) is 11.4. The summed E-state index contributed by atoms with van der Waals surface area (Å²) in [6.07, 6.45) is 0. The minimum atomic E-state index is -4.11. The van der Waals surface area contributed by atoms with E-state index < -0.39 is 23.0 Å². The third kappa shape index (κ3) is 5.77. The smallest absolute Gasteiger partial charge is 0.400 e. The average Bonchev–Trinajstić information content (AvgIpc) is 1.84. The van der Waals surface area contributed by atoms with Gasteiger partial charge in [-0.05, 0) is 6.92 Å². The molecule has 0 aromatic rings. The van der Waals surface area contributed by atoms with Crippen LogP contribution in [0.3, 0.4) is 0 Å². The van der Waals surface area contributed by atoms with E-state index in [4.69, 9.17) is 5.11 Å². The summed E-state index contributed by atoms with van der Waals surface area (Å²) in [5.74, 6) is -1.37. The van der Waals surface area contributed by atoms with Gasteiger partial charge in [0.2, 0.25) is 0 Å². The zero-order valence-corrected chi connectivity index (χ0v) is 6.63. The molecule has 0 atom stereocenters. The fourth-order valence-corrected chi connectivity index (χ4v) is 0.903. The van der Waals surface area contributed by atoms with Crippen LogP contribution in [0.5, 0.6) is 0 Å². The Morgan fingerprint density at radius 3 is 2.36 bits per heavy atom. The third-order valence-corrected chi connectivity index (χ3v) is 1.52. The minimum Gasteiger partial charge on any atom is -0.479 e. The molecule has 0 unspecified atom stereocenters. The molecule has 0 spiro atoms. The first-order valence-electron chi connectivity index (χ1n) is 2.73. The van der Waals surface area contributed by atoms with Crippen molar-refractivity contribution in [2.24, 2.45) is 0 Å². The van der Waals surface area contributed by atoms with Crippen LogP contribution < -0.4 is 0 Å². The van der Waals surface area contributed by atoms with Gasteiger partial charge in [0, 0.05) is 0 Å². The van der Waals surface area contributed by atoms with Crippen molar-refractivity contribution in [2.45, 2.75) is 6.92 Å². The van der Waals surface area contributed by atoms with Crippen LogP contribution in [0, 0.1) is 0 Å². The quantitative estimate of drug-likeness (QED) is 0.611. The fourth-order valence-electron chi connectivity index (χ4n) is 0.301. The fraction of sp³-hybridized carbons (Fsp3) is 0.750. The molecule has 0 aliphatic heterocycles. The van der Waals surface area contributed by atoms with E-state index in [1.807, 2.05) is 0 Å². The number of rotatable bonds is 5. The molecule has 0 saturated heterocycles. The van der Waals surface area contributed by atoms with Gasteiger partial charge in [-0.15, -0.1) is 0 Å². The monoisotopic (exact) mass is 184 g/mol. The lowest BCUT2D eigenvalue weighted by Crippen LogP contribution is -2.15. The van der Waals surface area contributed by atoms with Gasteiger partial charge < -0.3 is 5.11 Å². The molecular formula is C4H8O6S. The number of carboxylic acids is 1. The Bertz CT molecular complexity index is 217. The molecule has 0 aliphatic carbocycles. The number of carbonyl (C=O) groups is 1. The van der Waals surface area contributed by atoms with Gasteiger partial charge in [-0.25, -0.2) is 13.2 Å². The predicted octanol–water partition coefficient (Wildman–Crippen LogP) is -0.631. The topological polar surface area (TPSA) is 89.9 Å². The SMILES string of the molecule is CCOS(=O)(=O)OCC(=O)O. The Hall–Kier alpha value is -0.660. The largest absolute Gasteiger partial charge is 0.479 e. The van der Waals surface area contributed by atoms with E-state index in [-0.39, 0.29) is 6.61 Å². The first-order valence-corrected chi connectivity index (χ1v) is 4.07. The van der Waals surface area contributed by atoms with Crippen molar-refractivity contribution in [3.05, 3.63) is 0 Å². The maximum atomic E-state index is 10.4. The van der Waals surface area contributed by atoms with Gasteiger partial charge in [-0.3, -0.25) is 0 Å². The van der Waals surface area contributed by atoms with E-state index in [0.717, 1.165) is 0 Å². The molecule has 0 saturated carbocycles. The predicted molar refractivity (Wildman–Crippen MR) is 34.1 cm³/mol. The van der Waals surface area contributed by atoms with Crippen molar-refractivity contribution in [2.75, 3.05) is 13.2 Å².